The first-order valence-corrected chi connectivity index (χ1v) is 9.96. The highest BCUT2D eigenvalue weighted by atomic mass is 28.4. The fraction of sp³-hybridized carbons (Fsp3) is 1.00. The first kappa shape index (κ1) is 15.2. The van der Waals surface area contributed by atoms with Gasteiger partial charge in [-0.1, -0.05) is 33.6 Å². The van der Waals surface area contributed by atoms with Gasteiger partial charge in [0.2, 0.25) is 0 Å². The Bertz CT molecular complexity index is 233. The maximum atomic E-state index is 9.35. The lowest BCUT2D eigenvalue weighted by Gasteiger charge is -2.39. The molecule has 2 nitrogen and oxygen atoms in total. The highest BCUT2D eigenvalue weighted by molar-refractivity contribution is 6.74. The summed E-state index contributed by atoms with van der Waals surface area (Å²) in [6.07, 6.45) is 6.31. The largest absolute Gasteiger partial charge is 0.414 e. The van der Waals surface area contributed by atoms with E-state index in [0.717, 1.165) is 6.42 Å². The van der Waals surface area contributed by atoms with Crippen molar-refractivity contribution in [2.75, 3.05) is 6.61 Å². The van der Waals surface area contributed by atoms with Crippen LogP contribution >= 0.6 is 0 Å². The van der Waals surface area contributed by atoms with E-state index in [-0.39, 0.29) is 5.04 Å². The Hall–Kier alpha value is 0.137. The third-order valence-corrected chi connectivity index (χ3v) is 9.05. The van der Waals surface area contributed by atoms with Gasteiger partial charge >= 0.3 is 0 Å². The Morgan fingerprint density at radius 3 is 2.29 bits per heavy atom. The minimum absolute atomic E-state index is 0.286. The average Bonchev–Trinajstić information content (AvgIpc) is 2.40. The highest BCUT2D eigenvalue weighted by Crippen LogP contribution is 2.39. The lowest BCUT2D eigenvalue weighted by atomic mass is 10.0. The molecular formula is C14H30O2Si. The van der Waals surface area contributed by atoms with Crippen LogP contribution in [0.15, 0.2) is 0 Å². The molecule has 0 radical (unpaired) electrons. The van der Waals surface area contributed by atoms with Gasteiger partial charge in [-0.15, -0.1) is 0 Å². The molecule has 1 rings (SSSR count). The molecule has 2 atom stereocenters. The van der Waals surface area contributed by atoms with Gasteiger partial charge in [-0.05, 0) is 43.3 Å². The van der Waals surface area contributed by atoms with E-state index in [1.807, 2.05) is 0 Å². The molecule has 1 N–H and O–H groups in total. The van der Waals surface area contributed by atoms with Gasteiger partial charge in [0.25, 0.3) is 0 Å². The summed E-state index contributed by atoms with van der Waals surface area (Å²) in [6.45, 7) is 11.9. The Morgan fingerprint density at radius 2 is 1.76 bits per heavy atom. The first-order valence-electron chi connectivity index (χ1n) is 7.05. The number of aliphatic hydroxyl groups is 1. The van der Waals surface area contributed by atoms with Gasteiger partial charge in [0.05, 0.1) is 0 Å². The van der Waals surface area contributed by atoms with E-state index in [4.69, 9.17) is 4.43 Å². The van der Waals surface area contributed by atoms with Crippen LogP contribution in [-0.2, 0) is 4.43 Å². The first-order chi connectivity index (χ1) is 7.76. The normalized spacial score (nSPS) is 27.9. The van der Waals surface area contributed by atoms with Crippen molar-refractivity contribution in [1.29, 1.82) is 0 Å². The standard InChI is InChI=1S/C14H30O2Si/c1-14(2,3)17(4,5)16-13-9-7-6-8-12(10-13)11-15/h12-13,15H,6-11H2,1-5H3/t12-,13-/m0/s1. The SMILES string of the molecule is CC(C)(C)[Si](C)(C)O[C@H]1CCCC[C@H](CO)C1. The van der Waals surface area contributed by atoms with Crippen molar-refractivity contribution in [2.45, 2.75) is 77.1 Å². The zero-order chi connectivity index (χ0) is 13.1. The van der Waals surface area contributed by atoms with Gasteiger partial charge < -0.3 is 9.53 Å². The van der Waals surface area contributed by atoms with E-state index in [1.165, 1.54) is 25.7 Å². The molecular weight excluding hydrogens is 228 g/mol. The zero-order valence-corrected chi connectivity index (χ0v) is 13.3. The van der Waals surface area contributed by atoms with Gasteiger partial charge in [0.15, 0.2) is 8.32 Å². The molecule has 0 aliphatic heterocycles. The predicted octanol–water partition coefficient (Wildman–Crippen LogP) is 3.95. The summed E-state index contributed by atoms with van der Waals surface area (Å²) in [4.78, 5) is 0. The molecule has 0 aromatic carbocycles. The monoisotopic (exact) mass is 258 g/mol. The molecule has 1 fully saturated rings. The second-order valence-corrected chi connectivity index (χ2v) is 11.8. The molecule has 0 bridgehead atoms. The second kappa shape index (κ2) is 5.85. The fourth-order valence-electron chi connectivity index (χ4n) is 2.28. The third-order valence-electron chi connectivity index (χ3n) is 4.51. The van der Waals surface area contributed by atoms with Crippen LogP contribution in [0, 0.1) is 5.92 Å². The summed E-state index contributed by atoms with van der Waals surface area (Å²) < 4.78 is 6.48. The van der Waals surface area contributed by atoms with Gasteiger partial charge in [-0.2, -0.15) is 0 Å². The summed E-state index contributed by atoms with van der Waals surface area (Å²) >= 11 is 0. The lowest BCUT2D eigenvalue weighted by molar-refractivity contribution is 0.125. The summed E-state index contributed by atoms with van der Waals surface area (Å²) in [5.74, 6) is 0.465. The minimum atomic E-state index is -1.64. The summed E-state index contributed by atoms with van der Waals surface area (Å²) in [6, 6.07) is 0. The Kier molecular flexibility index (Phi) is 5.23. The van der Waals surface area contributed by atoms with Gasteiger partial charge in [-0.3, -0.25) is 0 Å². The van der Waals surface area contributed by atoms with Crippen molar-refractivity contribution in [3.63, 3.8) is 0 Å². The summed E-state index contributed by atoms with van der Waals surface area (Å²) in [5, 5.41) is 9.63. The van der Waals surface area contributed by atoms with Crippen LogP contribution < -0.4 is 0 Å². The van der Waals surface area contributed by atoms with Gasteiger partial charge in [0, 0.05) is 12.7 Å². The Morgan fingerprint density at radius 1 is 1.18 bits per heavy atom. The Labute approximate surface area is 108 Å². The van der Waals surface area contributed by atoms with Crippen LogP contribution in [0.4, 0.5) is 0 Å². The van der Waals surface area contributed by atoms with E-state index in [0.29, 0.717) is 18.6 Å². The molecule has 17 heavy (non-hydrogen) atoms. The van der Waals surface area contributed by atoms with Crippen molar-refractivity contribution < 1.29 is 9.53 Å². The second-order valence-electron chi connectivity index (χ2n) is 7.07. The molecule has 1 aliphatic carbocycles. The number of hydrogen-bond acceptors (Lipinski definition) is 2. The van der Waals surface area contributed by atoms with Crippen LogP contribution in [-0.4, -0.2) is 26.1 Å². The smallest absolute Gasteiger partial charge is 0.192 e. The third kappa shape index (κ3) is 4.38. The maximum absolute atomic E-state index is 9.35. The van der Waals surface area contributed by atoms with Crippen LogP contribution in [0.2, 0.25) is 18.1 Å². The van der Waals surface area contributed by atoms with Crippen molar-refractivity contribution >= 4 is 8.32 Å². The quantitative estimate of drug-likeness (QED) is 0.613. The Balaban J connectivity index is 2.60. The van der Waals surface area contributed by atoms with Crippen LogP contribution in [0.25, 0.3) is 0 Å². The number of aliphatic hydroxyl groups excluding tert-OH is 1. The van der Waals surface area contributed by atoms with Crippen LogP contribution in [0.5, 0.6) is 0 Å². The molecule has 0 unspecified atom stereocenters. The predicted molar refractivity (Wildman–Crippen MR) is 75.7 cm³/mol. The topological polar surface area (TPSA) is 29.5 Å². The van der Waals surface area contributed by atoms with Gasteiger partial charge in [0.1, 0.15) is 0 Å². The van der Waals surface area contributed by atoms with Crippen molar-refractivity contribution in [2.24, 2.45) is 5.92 Å². The van der Waals surface area contributed by atoms with Crippen LogP contribution in [0.3, 0.4) is 0 Å². The maximum Gasteiger partial charge on any atom is 0.192 e. The molecule has 0 spiro atoms. The molecule has 102 valence electrons. The van der Waals surface area contributed by atoms with E-state index >= 15 is 0 Å². The highest BCUT2D eigenvalue weighted by Gasteiger charge is 2.39. The summed E-state index contributed by atoms with van der Waals surface area (Å²) in [7, 11) is -1.64. The molecule has 0 aromatic heterocycles. The van der Waals surface area contributed by atoms with Crippen molar-refractivity contribution in [3.8, 4) is 0 Å². The van der Waals surface area contributed by atoms with E-state index in [9.17, 15) is 5.11 Å². The lowest BCUT2D eigenvalue weighted by Crippen LogP contribution is -2.44. The van der Waals surface area contributed by atoms with Gasteiger partial charge in [-0.25, -0.2) is 0 Å². The summed E-state index contributed by atoms with van der Waals surface area (Å²) in [5.41, 5.74) is 0. The van der Waals surface area contributed by atoms with Crippen molar-refractivity contribution in [3.05, 3.63) is 0 Å². The number of hydrogen-bond donors (Lipinski definition) is 1. The molecule has 1 aliphatic rings. The van der Waals surface area contributed by atoms with Crippen LogP contribution in [0.1, 0.15) is 52.9 Å². The molecule has 0 amide bonds. The molecule has 0 heterocycles. The number of rotatable bonds is 3. The molecule has 0 aromatic rings. The van der Waals surface area contributed by atoms with E-state index in [1.54, 1.807) is 0 Å². The molecule has 1 saturated carbocycles. The minimum Gasteiger partial charge on any atom is -0.414 e. The van der Waals surface area contributed by atoms with Crippen molar-refractivity contribution in [1.82, 2.24) is 0 Å². The van der Waals surface area contributed by atoms with E-state index in [2.05, 4.69) is 33.9 Å². The zero-order valence-electron chi connectivity index (χ0n) is 12.3. The van der Waals surface area contributed by atoms with E-state index < -0.39 is 8.32 Å². The molecule has 0 saturated heterocycles. The average molecular weight is 258 g/mol. The molecule has 3 heteroatoms. The fourth-order valence-corrected chi connectivity index (χ4v) is 3.68.